The maximum absolute atomic E-state index is 10.2. The molecule has 4 heteroatoms. The number of hydrogen-bond donors (Lipinski definition) is 0. The first-order valence-electron chi connectivity index (χ1n) is 3.23. The Morgan fingerprint density at radius 3 is 1.82 bits per heavy atom. The Morgan fingerprint density at radius 2 is 1.73 bits per heavy atom. The zero-order valence-corrected chi connectivity index (χ0v) is 8.43. The maximum Gasteiger partial charge on any atom is 0.313 e. The summed E-state index contributed by atoms with van der Waals surface area (Å²) in [5, 5.41) is 0. The van der Waals surface area contributed by atoms with Gasteiger partial charge in [0.15, 0.2) is 0 Å². The highest BCUT2D eigenvalue weighted by atomic mass is 31.1. The molecule has 0 unspecified atom stereocenters. The normalized spacial score (nSPS) is 7.64. The molecule has 0 radical (unpaired) electrons. The fourth-order valence-electron chi connectivity index (χ4n) is 0.275. The summed E-state index contributed by atoms with van der Waals surface area (Å²) >= 11 is 0. The van der Waals surface area contributed by atoms with E-state index in [9.17, 15) is 9.59 Å². The number of carbonyl (C=O) groups excluding carboxylic acids is 2. The number of Topliss-reactive ketones (excluding diaryl/α,β-unsaturated/α-hetero) is 1. The van der Waals surface area contributed by atoms with Gasteiger partial charge in [0.1, 0.15) is 12.2 Å². The third kappa shape index (κ3) is 17.7. The zero-order valence-electron chi connectivity index (χ0n) is 7.43. The van der Waals surface area contributed by atoms with Crippen molar-refractivity contribution in [3.8, 4) is 0 Å². The first-order valence-corrected chi connectivity index (χ1v) is 5.23. The van der Waals surface area contributed by atoms with E-state index in [1.807, 2.05) is 0 Å². The minimum absolute atomic E-state index is 0.115. The van der Waals surface area contributed by atoms with Gasteiger partial charge in [0.25, 0.3) is 0 Å². The van der Waals surface area contributed by atoms with E-state index < -0.39 is 5.97 Å². The molecule has 0 heterocycles. The number of ether oxygens (including phenoxy) is 1. The Labute approximate surface area is 69.3 Å². The average molecular weight is 178 g/mol. The first kappa shape index (κ1) is 13.2. The van der Waals surface area contributed by atoms with Gasteiger partial charge >= 0.3 is 5.97 Å². The van der Waals surface area contributed by atoms with Crippen LogP contribution in [0, 0.1) is 0 Å². The van der Waals surface area contributed by atoms with Crippen LogP contribution in [0.3, 0.4) is 0 Å². The van der Waals surface area contributed by atoms with Crippen molar-refractivity contribution in [1.82, 2.24) is 0 Å². The van der Waals surface area contributed by atoms with Crippen molar-refractivity contribution in [2.45, 2.75) is 13.3 Å². The molecule has 0 fully saturated rings. The molecule has 0 aliphatic heterocycles. The van der Waals surface area contributed by atoms with Crippen LogP contribution in [0.1, 0.15) is 13.3 Å². The quantitative estimate of drug-likeness (QED) is 0.361. The minimum atomic E-state index is -0.475. The smallest absolute Gasteiger partial charge is 0.313 e. The lowest BCUT2D eigenvalue weighted by atomic mass is 10.3. The van der Waals surface area contributed by atoms with Crippen LogP contribution in [0.5, 0.6) is 0 Å². The lowest BCUT2D eigenvalue weighted by Gasteiger charge is -1.90. The molecule has 66 valence electrons. The van der Waals surface area contributed by atoms with E-state index in [2.05, 4.69) is 18.1 Å². The van der Waals surface area contributed by atoms with E-state index >= 15 is 0 Å². The molecule has 0 aromatic rings. The molecule has 3 nitrogen and oxygen atoms in total. The van der Waals surface area contributed by atoms with Gasteiger partial charge in [-0.2, -0.15) is 0 Å². The van der Waals surface area contributed by atoms with Gasteiger partial charge in [-0.15, -0.1) is 8.58 Å². The SMILES string of the molecule is COC(=O)CC(C)=O.CPC. The molecular weight excluding hydrogens is 163 g/mol. The van der Waals surface area contributed by atoms with Crippen molar-refractivity contribution in [2.24, 2.45) is 0 Å². The van der Waals surface area contributed by atoms with Gasteiger partial charge in [0, 0.05) is 0 Å². The van der Waals surface area contributed by atoms with Crippen LogP contribution in [0.25, 0.3) is 0 Å². The Kier molecular flexibility index (Phi) is 11.5. The van der Waals surface area contributed by atoms with Gasteiger partial charge < -0.3 is 4.74 Å². The Hall–Kier alpha value is -0.430. The fraction of sp³-hybridized carbons (Fsp3) is 0.714. The molecule has 0 aliphatic carbocycles. The highest BCUT2D eigenvalue weighted by molar-refractivity contribution is 7.35. The molecule has 0 aromatic carbocycles. The van der Waals surface area contributed by atoms with Crippen LogP contribution in [0.4, 0.5) is 0 Å². The average Bonchev–Trinajstić information content (AvgIpc) is 1.88. The molecule has 0 bridgehead atoms. The summed E-state index contributed by atoms with van der Waals surface area (Å²) in [6, 6.07) is 0. The van der Waals surface area contributed by atoms with Crippen molar-refractivity contribution in [3.05, 3.63) is 0 Å². The van der Waals surface area contributed by atoms with E-state index in [1.54, 1.807) is 0 Å². The second-order valence-electron chi connectivity index (χ2n) is 1.95. The van der Waals surface area contributed by atoms with Crippen molar-refractivity contribution < 1.29 is 14.3 Å². The van der Waals surface area contributed by atoms with Crippen LogP contribution in [0.2, 0.25) is 0 Å². The van der Waals surface area contributed by atoms with Crippen molar-refractivity contribution in [2.75, 3.05) is 20.4 Å². The fourth-order valence-corrected chi connectivity index (χ4v) is 0.275. The van der Waals surface area contributed by atoms with Gasteiger partial charge in [0.2, 0.25) is 0 Å². The standard InChI is InChI=1S/C5H8O3.C2H7P/c1-4(6)3-5(7)8-2;1-3-2/h3H2,1-2H3;3H,1-2H3. The number of esters is 1. The summed E-state index contributed by atoms with van der Waals surface area (Å²) < 4.78 is 4.20. The summed E-state index contributed by atoms with van der Waals surface area (Å²) in [6.07, 6.45) is -0.115. The van der Waals surface area contributed by atoms with E-state index in [0.29, 0.717) is 0 Å². The third-order valence-electron chi connectivity index (χ3n) is 0.621. The van der Waals surface area contributed by atoms with Gasteiger partial charge in [-0.25, -0.2) is 0 Å². The highest BCUT2D eigenvalue weighted by Gasteiger charge is 2.01. The molecule has 11 heavy (non-hydrogen) atoms. The lowest BCUT2D eigenvalue weighted by Crippen LogP contribution is -2.05. The second-order valence-corrected chi connectivity index (χ2v) is 2.95. The van der Waals surface area contributed by atoms with Crippen LogP contribution in [-0.4, -0.2) is 32.2 Å². The highest BCUT2D eigenvalue weighted by Crippen LogP contribution is 1.84. The Morgan fingerprint density at radius 1 is 1.36 bits per heavy atom. The molecule has 0 N–H and O–H groups in total. The number of methoxy groups -OCH3 is 1. The van der Waals surface area contributed by atoms with Gasteiger partial charge in [-0.1, -0.05) is 0 Å². The van der Waals surface area contributed by atoms with Gasteiger partial charge in [-0.05, 0) is 20.3 Å². The Bertz CT molecular complexity index is 123. The monoisotopic (exact) mass is 178 g/mol. The number of ketones is 1. The molecule has 0 aromatic heterocycles. The van der Waals surface area contributed by atoms with Crippen molar-refractivity contribution >= 4 is 20.3 Å². The summed E-state index contributed by atoms with van der Waals surface area (Å²) in [4.78, 5) is 20.3. The van der Waals surface area contributed by atoms with E-state index in [1.165, 1.54) is 14.0 Å². The summed E-state index contributed by atoms with van der Waals surface area (Å²) in [6.45, 7) is 5.65. The van der Waals surface area contributed by atoms with Gasteiger partial charge in [-0.3, -0.25) is 9.59 Å². The van der Waals surface area contributed by atoms with E-state index in [0.717, 1.165) is 8.58 Å². The van der Waals surface area contributed by atoms with Crippen LogP contribution in [0.15, 0.2) is 0 Å². The Balaban J connectivity index is 0. The minimum Gasteiger partial charge on any atom is -0.469 e. The predicted molar refractivity (Wildman–Crippen MR) is 47.5 cm³/mol. The van der Waals surface area contributed by atoms with E-state index in [-0.39, 0.29) is 12.2 Å². The molecule has 0 amide bonds. The molecule has 0 atom stereocenters. The largest absolute Gasteiger partial charge is 0.469 e. The summed E-state index contributed by atoms with van der Waals surface area (Å²) in [7, 11) is 2.34. The van der Waals surface area contributed by atoms with Crippen molar-refractivity contribution in [1.29, 1.82) is 0 Å². The molecule has 0 saturated heterocycles. The van der Waals surface area contributed by atoms with Crippen LogP contribution >= 0.6 is 8.58 Å². The third-order valence-corrected chi connectivity index (χ3v) is 0.621. The summed E-state index contributed by atoms with van der Waals surface area (Å²) in [5.41, 5.74) is 0. The molecule has 0 spiro atoms. The zero-order chi connectivity index (χ0) is 9.28. The maximum atomic E-state index is 10.2. The molecule has 0 saturated carbocycles. The van der Waals surface area contributed by atoms with Crippen LogP contribution < -0.4 is 0 Å². The summed E-state index contributed by atoms with van der Waals surface area (Å²) in [5.74, 6) is -0.644. The van der Waals surface area contributed by atoms with E-state index in [4.69, 9.17) is 0 Å². The van der Waals surface area contributed by atoms with Crippen molar-refractivity contribution in [3.63, 3.8) is 0 Å². The predicted octanol–water partition coefficient (Wildman–Crippen LogP) is 1.06. The number of hydrogen-bond acceptors (Lipinski definition) is 3. The number of carbonyl (C=O) groups is 2. The topological polar surface area (TPSA) is 43.4 Å². The van der Waals surface area contributed by atoms with Gasteiger partial charge in [0.05, 0.1) is 7.11 Å². The molecular formula is C7H15O3P. The molecule has 0 rings (SSSR count). The van der Waals surface area contributed by atoms with Crippen LogP contribution in [-0.2, 0) is 14.3 Å². The number of rotatable bonds is 2. The molecule has 0 aliphatic rings. The first-order chi connectivity index (χ1) is 5.08. The lowest BCUT2D eigenvalue weighted by molar-refractivity contribution is -0.142. The second kappa shape index (κ2) is 9.57.